The summed E-state index contributed by atoms with van der Waals surface area (Å²) >= 11 is 0. The zero-order valence-electron chi connectivity index (χ0n) is 28.5. The molecule has 3 aromatic heterocycles. The molecule has 4 aromatic carbocycles. The first kappa shape index (κ1) is 30.3. The number of aromatic nitrogens is 4. The van der Waals surface area contributed by atoms with Crippen LogP contribution in [-0.4, -0.2) is 33.4 Å². The molecule has 0 atom stereocenters. The van der Waals surface area contributed by atoms with Crippen LogP contribution >= 0.6 is 0 Å². The number of nitrogens with zero attached hydrogens (tertiary/aromatic N) is 5. The Labute approximate surface area is 276 Å². The monoisotopic (exact) mass is 619 g/mol. The molecule has 0 aliphatic carbocycles. The fourth-order valence-corrected chi connectivity index (χ4v) is 6.90. The van der Waals surface area contributed by atoms with Crippen molar-refractivity contribution >= 4 is 27.5 Å². The lowest BCUT2D eigenvalue weighted by molar-refractivity contribution is 0.482. The van der Waals surface area contributed by atoms with E-state index in [0.717, 1.165) is 45.1 Å². The van der Waals surface area contributed by atoms with Crippen LogP contribution in [-0.2, 0) is 0 Å². The Morgan fingerprint density at radius 3 is 2.15 bits per heavy atom. The number of rotatable bonds is 7. The van der Waals surface area contributed by atoms with E-state index >= 15 is 0 Å². The van der Waals surface area contributed by atoms with Crippen LogP contribution in [0.25, 0.3) is 44.4 Å². The molecule has 6 heteroatoms. The smallest absolute Gasteiger partial charge is 0.137 e. The van der Waals surface area contributed by atoms with Crippen molar-refractivity contribution in [1.29, 1.82) is 0 Å². The highest BCUT2D eigenvalue weighted by Gasteiger charge is 2.24. The van der Waals surface area contributed by atoms with Gasteiger partial charge in [0.25, 0.3) is 0 Å². The highest BCUT2D eigenvalue weighted by molar-refractivity contribution is 6.09. The van der Waals surface area contributed by atoms with E-state index < -0.39 is 0 Å². The first-order valence-corrected chi connectivity index (χ1v) is 16.2. The van der Waals surface area contributed by atoms with Crippen LogP contribution in [0.15, 0.2) is 97.2 Å². The lowest BCUT2D eigenvalue weighted by Gasteiger charge is -2.20. The molecule has 7 rings (SSSR count). The van der Waals surface area contributed by atoms with E-state index in [9.17, 15) is 0 Å². The lowest BCUT2D eigenvalue weighted by Crippen LogP contribution is -2.10. The Morgan fingerprint density at radius 2 is 1.43 bits per heavy atom. The number of anilines is 1. The SMILES string of the molecule is Cc1ccnc(-n2c3ccccc3c3ccc(Oc4cccc(-n5nc(C)c(-c6c(C)cc(N(C)C)cc6C)c5C(C)C)c4)cc32)c1. The Hall–Kier alpha value is -5.36. The Bertz CT molecular complexity index is 2260. The van der Waals surface area contributed by atoms with E-state index in [-0.39, 0.29) is 5.92 Å². The second kappa shape index (κ2) is 11.8. The van der Waals surface area contributed by atoms with E-state index in [1.165, 1.54) is 44.6 Å². The molecular weight excluding hydrogens is 578 g/mol. The number of pyridine rings is 1. The molecule has 0 radical (unpaired) electrons. The van der Waals surface area contributed by atoms with Gasteiger partial charge in [-0.15, -0.1) is 0 Å². The fraction of sp³-hybridized carbons (Fsp3) is 0.220. The van der Waals surface area contributed by atoms with Gasteiger partial charge in [0.2, 0.25) is 0 Å². The highest BCUT2D eigenvalue weighted by Crippen LogP contribution is 2.40. The minimum atomic E-state index is 0.252. The van der Waals surface area contributed by atoms with Crippen LogP contribution in [0, 0.1) is 27.7 Å². The third kappa shape index (κ3) is 5.34. The first-order chi connectivity index (χ1) is 22.6. The van der Waals surface area contributed by atoms with Crippen molar-refractivity contribution in [3.8, 4) is 34.1 Å². The zero-order valence-corrected chi connectivity index (χ0v) is 28.5. The van der Waals surface area contributed by atoms with Crippen LogP contribution < -0.4 is 9.64 Å². The van der Waals surface area contributed by atoms with E-state index in [1.807, 2.05) is 30.5 Å². The molecule has 236 valence electrons. The van der Waals surface area contributed by atoms with Gasteiger partial charge in [0.05, 0.1) is 28.1 Å². The highest BCUT2D eigenvalue weighted by atomic mass is 16.5. The summed E-state index contributed by atoms with van der Waals surface area (Å²) in [4.78, 5) is 6.89. The molecule has 6 nitrogen and oxygen atoms in total. The van der Waals surface area contributed by atoms with Crippen molar-refractivity contribution in [2.24, 2.45) is 0 Å². The minimum absolute atomic E-state index is 0.252. The molecule has 0 fully saturated rings. The van der Waals surface area contributed by atoms with E-state index in [0.29, 0.717) is 0 Å². The van der Waals surface area contributed by atoms with Gasteiger partial charge in [0, 0.05) is 54.4 Å². The maximum Gasteiger partial charge on any atom is 0.137 e. The molecule has 0 aliphatic heterocycles. The molecule has 47 heavy (non-hydrogen) atoms. The number of para-hydroxylation sites is 1. The van der Waals surface area contributed by atoms with Crippen LogP contribution in [0.5, 0.6) is 11.5 Å². The largest absolute Gasteiger partial charge is 0.457 e. The van der Waals surface area contributed by atoms with Gasteiger partial charge in [0.1, 0.15) is 17.3 Å². The van der Waals surface area contributed by atoms with Crippen molar-refractivity contribution in [3.63, 3.8) is 0 Å². The summed E-state index contributed by atoms with van der Waals surface area (Å²) in [5, 5.41) is 7.47. The van der Waals surface area contributed by atoms with Gasteiger partial charge in [-0.25, -0.2) is 9.67 Å². The molecule has 0 spiro atoms. The van der Waals surface area contributed by atoms with Crippen LogP contribution in [0.1, 0.15) is 47.8 Å². The fourth-order valence-electron chi connectivity index (χ4n) is 6.90. The summed E-state index contributed by atoms with van der Waals surface area (Å²) in [7, 11) is 4.18. The predicted octanol–water partition coefficient (Wildman–Crippen LogP) is 10.2. The van der Waals surface area contributed by atoms with Gasteiger partial charge >= 0.3 is 0 Å². The summed E-state index contributed by atoms with van der Waals surface area (Å²) in [5.74, 6) is 2.66. The summed E-state index contributed by atoms with van der Waals surface area (Å²) in [6, 6.07) is 31.7. The minimum Gasteiger partial charge on any atom is -0.457 e. The summed E-state index contributed by atoms with van der Waals surface area (Å²) in [6.45, 7) is 13.1. The molecule has 3 heterocycles. The van der Waals surface area contributed by atoms with Crippen molar-refractivity contribution in [1.82, 2.24) is 19.3 Å². The van der Waals surface area contributed by atoms with E-state index in [1.54, 1.807) is 0 Å². The van der Waals surface area contributed by atoms with Gasteiger partial charge in [-0.1, -0.05) is 38.1 Å². The summed E-state index contributed by atoms with van der Waals surface area (Å²) < 4.78 is 10.9. The number of hydrogen-bond donors (Lipinski definition) is 0. The van der Waals surface area contributed by atoms with Gasteiger partial charge in [-0.3, -0.25) is 4.57 Å². The van der Waals surface area contributed by atoms with Gasteiger partial charge < -0.3 is 9.64 Å². The molecular formula is C41H41N5O. The standard InChI is InChI=1S/C41H41N5O/c1-25(2)41-40(39-27(4)21-31(44(7)8)22-28(39)5)29(6)43-46(41)30-12-11-13-32(23-30)47-33-16-17-35-34-14-9-10-15-36(34)45(37(35)24-33)38-20-26(3)18-19-42-38/h9-25H,1-8H3. The molecule has 0 aliphatic rings. The van der Waals surface area contributed by atoms with E-state index in [4.69, 9.17) is 14.8 Å². The molecule has 0 bridgehead atoms. The third-order valence-electron chi connectivity index (χ3n) is 9.00. The van der Waals surface area contributed by atoms with Crippen molar-refractivity contribution in [2.45, 2.75) is 47.5 Å². The summed E-state index contributed by atoms with van der Waals surface area (Å²) in [6.07, 6.45) is 1.87. The molecule has 0 saturated heterocycles. The van der Waals surface area contributed by atoms with Crippen molar-refractivity contribution in [2.75, 3.05) is 19.0 Å². The molecule has 7 aromatic rings. The maximum absolute atomic E-state index is 6.58. The number of hydrogen-bond acceptors (Lipinski definition) is 4. The normalized spacial score (nSPS) is 11.6. The average Bonchev–Trinajstić information content (AvgIpc) is 3.55. The molecule has 0 saturated carbocycles. The van der Waals surface area contributed by atoms with Gasteiger partial charge in [-0.05, 0) is 110 Å². The van der Waals surface area contributed by atoms with Crippen molar-refractivity contribution in [3.05, 3.63) is 125 Å². The second-order valence-corrected chi connectivity index (χ2v) is 13.1. The zero-order chi connectivity index (χ0) is 33.0. The Morgan fingerprint density at radius 1 is 0.702 bits per heavy atom. The average molecular weight is 620 g/mol. The maximum atomic E-state index is 6.58. The number of ether oxygens (including phenoxy) is 1. The van der Waals surface area contributed by atoms with Gasteiger partial charge in [-0.2, -0.15) is 5.10 Å². The van der Waals surface area contributed by atoms with Crippen LogP contribution in [0.3, 0.4) is 0 Å². The third-order valence-corrected chi connectivity index (χ3v) is 9.00. The Balaban J connectivity index is 1.30. The second-order valence-electron chi connectivity index (χ2n) is 13.1. The quantitative estimate of drug-likeness (QED) is 0.178. The molecule has 0 unspecified atom stereocenters. The first-order valence-electron chi connectivity index (χ1n) is 16.2. The topological polar surface area (TPSA) is 48.1 Å². The lowest BCUT2D eigenvalue weighted by atomic mass is 9.90. The number of fused-ring (bicyclic) bond motifs is 3. The summed E-state index contributed by atoms with van der Waals surface area (Å²) in [5.41, 5.74) is 12.7. The molecule has 0 amide bonds. The van der Waals surface area contributed by atoms with Crippen LogP contribution in [0.4, 0.5) is 5.69 Å². The predicted molar refractivity (Wildman–Crippen MR) is 195 cm³/mol. The number of benzene rings is 4. The Kier molecular flexibility index (Phi) is 7.59. The van der Waals surface area contributed by atoms with E-state index in [2.05, 4.69) is 137 Å². The number of aryl methyl sites for hydroxylation is 4. The van der Waals surface area contributed by atoms with Crippen LogP contribution in [0.2, 0.25) is 0 Å². The van der Waals surface area contributed by atoms with Gasteiger partial charge in [0.15, 0.2) is 0 Å². The molecule has 0 N–H and O–H groups in total. The van der Waals surface area contributed by atoms with Crippen molar-refractivity contribution < 1.29 is 4.74 Å².